The van der Waals surface area contributed by atoms with Crippen LogP contribution in [-0.2, 0) is 10.0 Å². The van der Waals surface area contributed by atoms with Gasteiger partial charge in [0.15, 0.2) is 0 Å². The number of sulfonamides is 1. The van der Waals surface area contributed by atoms with Gasteiger partial charge in [-0.2, -0.15) is 0 Å². The minimum absolute atomic E-state index is 0. The van der Waals surface area contributed by atoms with Crippen LogP contribution in [0.3, 0.4) is 0 Å². The smallest absolute Gasteiger partial charge is 0.211 e. The molecule has 0 aliphatic heterocycles. The zero-order valence-electron chi connectivity index (χ0n) is 5.78. The summed E-state index contributed by atoms with van der Waals surface area (Å²) in [5.74, 6) is 0. The van der Waals surface area contributed by atoms with Crippen molar-refractivity contribution in [3.63, 3.8) is 0 Å². The molecule has 0 rings (SSSR count). The Bertz CT molecular complexity index is 168. The Morgan fingerprint density at radius 1 is 1.50 bits per heavy atom. The number of primary sulfonamides is 1. The topological polar surface area (TPSA) is 86.2 Å². The van der Waals surface area contributed by atoms with Gasteiger partial charge in [0.1, 0.15) is 0 Å². The van der Waals surface area contributed by atoms with Gasteiger partial charge in [0, 0.05) is 0 Å². The predicted octanol–water partition coefficient (Wildman–Crippen LogP) is -0.566. The van der Waals surface area contributed by atoms with E-state index in [0.29, 0.717) is 13.0 Å². The van der Waals surface area contributed by atoms with Crippen LogP contribution in [0.2, 0.25) is 0 Å². The van der Waals surface area contributed by atoms with Crippen LogP contribution < -0.4 is 10.9 Å². The Morgan fingerprint density at radius 3 is 2.00 bits per heavy atom. The first-order chi connectivity index (χ1) is 3.98. The second kappa shape index (κ2) is 4.90. The highest BCUT2D eigenvalue weighted by Crippen LogP contribution is 1.97. The Kier molecular flexibility index (Phi) is 6.27. The lowest BCUT2D eigenvalue weighted by Gasteiger charge is -2.04. The summed E-state index contributed by atoms with van der Waals surface area (Å²) in [6, 6.07) is 0. The maximum absolute atomic E-state index is 10.4. The van der Waals surface area contributed by atoms with E-state index in [0.717, 1.165) is 0 Å². The molecule has 0 aliphatic rings. The summed E-state index contributed by atoms with van der Waals surface area (Å²) in [4.78, 5) is 0. The summed E-state index contributed by atoms with van der Waals surface area (Å²) in [6.07, 6.45) is 0.429. The van der Waals surface area contributed by atoms with E-state index < -0.39 is 15.3 Å². The molecule has 4 N–H and O–H groups in total. The van der Waals surface area contributed by atoms with Gasteiger partial charge in [0.2, 0.25) is 10.0 Å². The Balaban J connectivity index is 0. The van der Waals surface area contributed by atoms with Crippen LogP contribution in [0.5, 0.6) is 0 Å². The fourth-order valence-corrected chi connectivity index (χ4v) is 0.864. The van der Waals surface area contributed by atoms with Gasteiger partial charge < -0.3 is 5.73 Å². The number of nitrogens with two attached hydrogens (primary N) is 2. The summed E-state index contributed by atoms with van der Waals surface area (Å²) >= 11 is 0. The van der Waals surface area contributed by atoms with Crippen molar-refractivity contribution in [2.75, 3.05) is 6.54 Å². The highest BCUT2D eigenvalue weighted by Gasteiger charge is 2.13. The first kappa shape index (κ1) is 12.8. The van der Waals surface area contributed by atoms with Gasteiger partial charge in [-0.1, -0.05) is 0 Å². The summed E-state index contributed by atoms with van der Waals surface area (Å²) in [5.41, 5.74) is 5.11. The molecule has 0 saturated carbocycles. The van der Waals surface area contributed by atoms with E-state index in [2.05, 4.69) is 0 Å². The van der Waals surface area contributed by atoms with E-state index in [-0.39, 0.29) is 12.4 Å². The van der Waals surface area contributed by atoms with Crippen molar-refractivity contribution < 1.29 is 8.42 Å². The highest BCUT2D eigenvalue weighted by atomic mass is 35.5. The van der Waals surface area contributed by atoms with Crippen LogP contribution in [0.1, 0.15) is 13.3 Å². The average molecular weight is 189 g/mol. The maximum atomic E-state index is 10.4. The van der Waals surface area contributed by atoms with Crippen molar-refractivity contribution in [2.24, 2.45) is 10.9 Å². The quantitative estimate of drug-likeness (QED) is 0.622. The van der Waals surface area contributed by atoms with Crippen LogP contribution in [0.15, 0.2) is 0 Å². The molecule has 0 saturated heterocycles. The van der Waals surface area contributed by atoms with E-state index in [1.165, 1.54) is 0 Å². The second-order valence-corrected chi connectivity index (χ2v) is 3.96. The van der Waals surface area contributed by atoms with Crippen molar-refractivity contribution in [2.45, 2.75) is 18.6 Å². The molecule has 0 spiro atoms. The summed E-state index contributed by atoms with van der Waals surface area (Å²) in [7, 11) is -3.34. The number of rotatable bonds is 3. The molecule has 64 valence electrons. The van der Waals surface area contributed by atoms with Crippen LogP contribution >= 0.6 is 12.4 Å². The van der Waals surface area contributed by atoms with E-state index in [1.807, 2.05) is 0 Å². The largest absolute Gasteiger partial charge is 0.330 e. The van der Waals surface area contributed by atoms with Gasteiger partial charge in [0.05, 0.1) is 5.25 Å². The first-order valence-electron chi connectivity index (χ1n) is 2.70. The molecule has 6 heteroatoms. The van der Waals surface area contributed by atoms with Crippen molar-refractivity contribution >= 4 is 22.4 Å². The van der Waals surface area contributed by atoms with Crippen molar-refractivity contribution in [3.05, 3.63) is 0 Å². The standard InChI is InChI=1S/C4H12N2O2S.ClH/c1-4(2-3-5)9(6,7)8;/h4H,2-3,5H2,1H3,(H2,6,7,8);1H. The highest BCUT2D eigenvalue weighted by molar-refractivity contribution is 7.89. The SMILES string of the molecule is CC(CCN)S(N)(=O)=O.Cl. The van der Waals surface area contributed by atoms with Crippen LogP contribution in [0.25, 0.3) is 0 Å². The summed E-state index contributed by atoms with van der Waals surface area (Å²) < 4.78 is 20.9. The molecule has 0 aromatic carbocycles. The maximum Gasteiger partial charge on any atom is 0.211 e. The average Bonchev–Trinajstić information content (AvgIpc) is 1.64. The zero-order chi connectivity index (χ0) is 7.49. The molecule has 0 bridgehead atoms. The molecular formula is C4H13ClN2O2S. The van der Waals surface area contributed by atoms with Gasteiger partial charge in [-0.05, 0) is 19.9 Å². The lowest BCUT2D eigenvalue weighted by Crippen LogP contribution is -2.27. The molecule has 1 unspecified atom stereocenters. The van der Waals surface area contributed by atoms with Crippen molar-refractivity contribution in [1.82, 2.24) is 0 Å². The molecule has 10 heavy (non-hydrogen) atoms. The van der Waals surface area contributed by atoms with Gasteiger partial charge >= 0.3 is 0 Å². The van der Waals surface area contributed by atoms with Crippen molar-refractivity contribution in [3.8, 4) is 0 Å². The summed E-state index contributed by atoms with van der Waals surface area (Å²) in [5, 5.41) is 4.27. The Labute approximate surface area is 67.4 Å². The van der Waals surface area contributed by atoms with E-state index in [4.69, 9.17) is 10.9 Å². The molecule has 1 atom stereocenters. The Morgan fingerprint density at radius 2 is 1.90 bits per heavy atom. The Hall–Kier alpha value is 0.160. The van der Waals surface area contributed by atoms with Gasteiger partial charge in [-0.15, -0.1) is 12.4 Å². The number of hydrogen-bond donors (Lipinski definition) is 2. The molecule has 0 aliphatic carbocycles. The third kappa shape index (κ3) is 4.99. The molecule has 0 aromatic heterocycles. The normalized spacial score (nSPS) is 13.9. The number of hydrogen-bond acceptors (Lipinski definition) is 3. The van der Waals surface area contributed by atoms with Crippen LogP contribution in [-0.4, -0.2) is 20.2 Å². The monoisotopic (exact) mass is 188 g/mol. The van der Waals surface area contributed by atoms with Crippen LogP contribution in [0.4, 0.5) is 0 Å². The third-order valence-electron chi connectivity index (χ3n) is 1.13. The van der Waals surface area contributed by atoms with E-state index in [1.54, 1.807) is 6.92 Å². The summed E-state index contributed by atoms with van der Waals surface area (Å²) in [6.45, 7) is 1.90. The van der Waals surface area contributed by atoms with Gasteiger partial charge in [0.25, 0.3) is 0 Å². The molecule has 0 aromatic rings. The third-order valence-corrected chi connectivity index (χ3v) is 2.49. The minimum atomic E-state index is -3.34. The van der Waals surface area contributed by atoms with E-state index >= 15 is 0 Å². The molecule has 0 fully saturated rings. The van der Waals surface area contributed by atoms with E-state index in [9.17, 15) is 8.42 Å². The molecule has 0 heterocycles. The molecular weight excluding hydrogens is 176 g/mol. The van der Waals surface area contributed by atoms with Gasteiger partial charge in [-0.3, -0.25) is 0 Å². The fraction of sp³-hybridized carbons (Fsp3) is 1.00. The zero-order valence-corrected chi connectivity index (χ0v) is 7.41. The van der Waals surface area contributed by atoms with Crippen LogP contribution in [0, 0.1) is 0 Å². The van der Waals surface area contributed by atoms with Crippen molar-refractivity contribution in [1.29, 1.82) is 0 Å². The lowest BCUT2D eigenvalue weighted by molar-refractivity contribution is 0.580. The molecule has 0 radical (unpaired) electrons. The molecule has 4 nitrogen and oxygen atoms in total. The number of halogens is 1. The second-order valence-electron chi connectivity index (χ2n) is 1.98. The lowest BCUT2D eigenvalue weighted by atomic mass is 10.3. The van der Waals surface area contributed by atoms with Gasteiger partial charge in [-0.25, -0.2) is 13.6 Å². The predicted molar refractivity (Wildman–Crippen MR) is 43.5 cm³/mol. The minimum Gasteiger partial charge on any atom is -0.330 e. The molecule has 0 amide bonds. The first-order valence-corrected chi connectivity index (χ1v) is 4.31. The fourth-order valence-electron chi connectivity index (χ4n) is 0.399.